The van der Waals surface area contributed by atoms with Crippen molar-refractivity contribution in [2.75, 3.05) is 19.7 Å². The fraction of sp³-hybridized carbons (Fsp3) is 0.680. The van der Waals surface area contributed by atoms with Crippen molar-refractivity contribution in [2.24, 2.45) is 11.8 Å². The standard InChI is InChI=1S/C25H40N2OSi/c1-7-18-17-27-14-12-21-20-10-8-9-11-22(20)26-24(21)23(27)16-19(18)13-15-28-29(5,6)25(2,3)4/h8-11,18-19,23,26H,7,12-17H2,1-6H3/t18-,19-,23-/m0/s1. The van der Waals surface area contributed by atoms with Gasteiger partial charge >= 0.3 is 0 Å². The summed E-state index contributed by atoms with van der Waals surface area (Å²) in [6.45, 7) is 17.6. The summed E-state index contributed by atoms with van der Waals surface area (Å²) in [6.07, 6.45) is 4.96. The minimum absolute atomic E-state index is 0.295. The largest absolute Gasteiger partial charge is 0.417 e. The molecule has 0 amide bonds. The normalized spacial score (nSPS) is 25.8. The van der Waals surface area contributed by atoms with Crippen molar-refractivity contribution < 1.29 is 4.43 Å². The number of fused-ring (bicyclic) bond motifs is 5. The Kier molecular flexibility index (Phi) is 5.73. The fourth-order valence-corrected chi connectivity index (χ4v) is 6.34. The maximum absolute atomic E-state index is 6.56. The van der Waals surface area contributed by atoms with Gasteiger partial charge in [-0.15, -0.1) is 0 Å². The van der Waals surface area contributed by atoms with Gasteiger partial charge in [-0.05, 0) is 60.9 Å². The highest BCUT2D eigenvalue weighted by molar-refractivity contribution is 6.74. The third-order valence-corrected chi connectivity index (χ3v) is 12.8. The second-order valence-electron chi connectivity index (χ2n) is 10.9. The van der Waals surface area contributed by atoms with Gasteiger partial charge in [0, 0.05) is 36.3 Å². The lowest BCUT2D eigenvalue weighted by molar-refractivity contribution is 0.0403. The van der Waals surface area contributed by atoms with Crippen LogP contribution in [0.15, 0.2) is 24.3 Å². The van der Waals surface area contributed by atoms with Crippen LogP contribution in [0, 0.1) is 11.8 Å². The third-order valence-electron chi connectivity index (χ3n) is 8.21. The van der Waals surface area contributed by atoms with Crippen molar-refractivity contribution >= 4 is 19.2 Å². The molecule has 0 unspecified atom stereocenters. The molecule has 0 radical (unpaired) electrons. The summed E-state index contributed by atoms with van der Waals surface area (Å²) >= 11 is 0. The van der Waals surface area contributed by atoms with Crippen LogP contribution in [0.4, 0.5) is 0 Å². The lowest BCUT2D eigenvalue weighted by Crippen LogP contribution is -2.46. The van der Waals surface area contributed by atoms with Crippen LogP contribution in [0.25, 0.3) is 10.9 Å². The van der Waals surface area contributed by atoms with Crippen LogP contribution in [0.5, 0.6) is 0 Å². The smallest absolute Gasteiger partial charge is 0.191 e. The van der Waals surface area contributed by atoms with E-state index >= 15 is 0 Å². The van der Waals surface area contributed by atoms with Crippen molar-refractivity contribution in [3.63, 3.8) is 0 Å². The molecule has 2 aliphatic rings. The Morgan fingerprint density at radius 3 is 2.66 bits per heavy atom. The highest BCUT2D eigenvalue weighted by atomic mass is 28.4. The van der Waals surface area contributed by atoms with Gasteiger partial charge in [-0.25, -0.2) is 0 Å². The molecule has 0 saturated carbocycles. The molecular weight excluding hydrogens is 372 g/mol. The van der Waals surface area contributed by atoms with E-state index in [2.05, 4.69) is 74.9 Å². The number of hydrogen-bond acceptors (Lipinski definition) is 2. The monoisotopic (exact) mass is 412 g/mol. The van der Waals surface area contributed by atoms with Gasteiger partial charge in [0.15, 0.2) is 8.32 Å². The van der Waals surface area contributed by atoms with Crippen molar-refractivity contribution in [3.8, 4) is 0 Å². The lowest BCUT2D eigenvalue weighted by atomic mass is 9.76. The molecule has 1 aromatic carbocycles. The number of para-hydroxylation sites is 1. The van der Waals surface area contributed by atoms with E-state index in [1.54, 1.807) is 5.56 Å². The van der Waals surface area contributed by atoms with Crippen molar-refractivity contribution in [1.82, 2.24) is 9.88 Å². The molecule has 1 fully saturated rings. The first-order valence-corrected chi connectivity index (χ1v) is 14.6. The molecule has 3 atom stereocenters. The highest BCUT2D eigenvalue weighted by Gasteiger charge is 2.40. The Hall–Kier alpha value is -1.10. The summed E-state index contributed by atoms with van der Waals surface area (Å²) < 4.78 is 6.56. The summed E-state index contributed by atoms with van der Waals surface area (Å²) in [5.41, 5.74) is 4.39. The Balaban J connectivity index is 1.50. The Bertz CT molecular complexity index is 850. The number of piperidine rings is 1. The summed E-state index contributed by atoms with van der Waals surface area (Å²) in [4.78, 5) is 6.56. The topological polar surface area (TPSA) is 28.3 Å². The van der Waals surface area contributed by atoms with Crippen LogP contribution in [0.2, 0.25) is 18.1 Å². The molecule has 29 heavy (non-hydrogen) atoms. The number of H-pyrrole nitrogens is 1. The van der Waals surface area contributed by atoms with Crippen LogP contribution in [-0.4, -0.2) is 37.9 Å². The van der Waals surface area contributed by atoms with Crippen LogP contribution < -0.4 is 0 Å². The highest BCUT2D eigenvalue weighted by Crippen LogP contribution is 2.45. The summed E-state index contributed by atoms with van der Waals surface area (Å²) in [7, 11) is -1.65. The molecule has 2 aliphatic heterocycles. The van der Waals surface area contributed by atoms with Crippen LogP contribution in [-0.2, 0) is 10.8 Å². The average molecular weight is 413 g/mol. The average Bonchev–Trinajstić information content (AvgIpc) is 3.05. The first-order valence-electron chi connectivity index (χ1n) is 11.7. The zero-order valence-electron chi connectivity index (χ0n) is 19.3. The van der Waals surface area contributed by atoms with Crippen molar-refractivity contribution in [1.29, 1.82) is 0 Å². The number of hydrogen-bond donors (Lipinski definition) is 1. The Labute approximate surface area is 178 Å². The molecular formula is C25H40N2OSi. The molecule has 1 aromatic heterocycles. The molecule has 4 rings (SSSR count). The second-order valence-corrected chi connectivity index (χ2v) is 15.7. The van der Waals surface area contributed by atoms with Crippen LogP contribution in [0.1, 0.15) is 64.3 Å². The first-order chi connectivity index (χ1) is 13.7. The van der Waals surface area contributed by atoms with Crippen LogP contribution >= 0.6 is 0 Å². The van der Waals surface area contributed by atoms with Gasteiger partial charge in [0.1, 0.15) is 0 Å². The quantitative estimate of drug-likeness (QED) is 0.566. The van der Waals surface area contributed by atoms with Gasteiger partial charge in [-0.3, -0.25) is 4.90 Å². The summed E-state index contributed by atoms with van der Waals surface area (Å²) in [5.74, 6) is 1.57. The molecule has 0 bridgehead atoms. The maximum Gasteiger partial charge on any atom is 0.191 e. The van der Waals surface area contributed by atoms with E-state index in [4.69, 9.17) is 4.43 Å². The van der Waals surface area contributed by atoms with Crippen molar-refractivity contribution in [3.05, 3.63) is 35.5 Å². The van der Waals surface area contributed by atoms with Crippen LogP contribution in [0.3, 0.4) is 0 Å². The molecule has 3 heterocycles. The van der Waals surface area contributed by atoms with E-state index in [0.717, 1.165) is 18.4 Å². The van der Waals surface area contributed by atoms with E-state index in [1.165, 1.54) is 55.4 Å². The number of benzene rings is 1. The van der Waals surface area contributed by atoms with E-state index in [0.29, 0.717) is 11.1 Å². The van der Waals surface area contributed by atoms with Gasteiger partial charge in [0.05, 0.1) is 6.04 Å². The number of aromatic amines is 1. The molecule has 4 heteroatoms. The number of nitrogens with one attached hydrogen (secondary N) is 1. The van der Waals surface area contributed by atoms with Gasteiger partial charge in [0.25, 0.3) is 0 Å². The fourth-order valence-electron chi connectivity index (χ4n) is 5.28. The summed E-state index contributed by atoms with van der Waals surface area (Å²) in [6, 6.07) is 9.42. The van der Waals surface area contributed by atoms with Gasteiger partial charge in [0.2, 0.25) is 0 Å². The zero-order valence-corrected chi connectivity index (χ0v) is 20.3. The first kappa shape index (κ1) is 21.1. The second kappa shape index (κ2) is 7.86. The molecule has 0 spiro atoms. The molecule has 1 saturated heterocycles. The molecule has 3 nitrogen and oxygen atoms in total. The Morgan fingerprint density at radius 1 is 1.17 bits per heavy atom. The van der Waals surface area contributed by atoms with E-state index < -0.39 is 8.32 Å². The van der Waals surface area contributed by atoms with Gasteiger partial charge < -0.3 is 9.41 Å². The zero-order chi connectivity index (χ0) is 20.8. The van der Waals surface area contributed by atoms with E-state index in [9.17, 15) is 0 Å². The third kappa shape index (κ3) is 3.96. The maximum atomic E-state index is 6.56. The number of aromatic nitrogens is 1. The van der Waals surface area contributed by atoms with Gasteiger partial charge in [-0.1, -0.05) is 52.3 Å². The predicted octanol–water partition coefficient (Wildman–Crippen LogP) is 6.53. The molecule has 0 aliphatic carbocycles. The molecule has 1 N–H and O–H groups in total. The number of nitrogens with zero attached hydrogens (tertiary/aromatic N) is 1. The SMILES string of the molecule is CC[C@H]1CN2CCc3c([nH]c4ccccc34)[C@@H]2C[C@@H]1CCO[Si](C)(C)C(C)(C)C. The Morgan fingerprint density at radius 2 is 1.93 bits per heavy atom. The molecule has 160 valence electrons. The van der Waals surface area contributed by atoms with E-state index in [-0.39, 0.29) is 0 Å². The minimum atomic E-state index is -1.65. The summed E-state index contributed by atoms with van der Waals surface area (Å²) in [5, 5.41) is 1.74. The van der Waals surface area contributed by atoms with Crippen molar-refractivity contribution in [2.45, 2.75) is 77.6 Å². The predicted molar refractivity (Wildman–Crippen MR) is 126 cm³/mol. The number of rotatable bonds is 5. The van der Waals surface area contributed by atoms with E-state index in [1.807, 2.05) is 0 Å². The lowest BCUT2D eigenvalue weighted by Gasteiger charge is -2.46. The van der Waals surface area contributed by atoms with Gasteiger partial charge in [-0.2, -0.15) is 0 Å². The molecule has 2 aromatic rings. The minimum Gasteiger partial charge on any atom is -0.417 e.